The molecule has 0 radical (unpaired) electrons. The first kappa shape index (κ1) is 18.4. The Kier molecular flexibility index (Phi) is 4.91. The highest BCUT2D eigenvalue weighted by molar-refractivity contribution is 6.06. The van der Waals surface area contributed by atoms with Crippen molar-refractivity contribution in [3.05, 3.63) is 84.7 Å². The Morgan fingerprint density at radius 2 is 1.70 bits per heavy atom. The first-order chi connectivity index (χ1) is 14.8. The van der Waals surface area contributed by atoms with Crippen molar-refractivity contribution < 1.29 is 9.53 Å². The number of nitrogens with zero attached hydrogens (tertiary/aromatic N) is 3. The van der Waals surface area contributed by atoms with Crippen LogP contribution >= 0.6 is 0 Å². The molecular weight excluding hydrogens is 376 g/mol. The molecule has 6 nitrogen and oxygen atoms in total. The van der Waals surface area contributed by atoms with Gasteiger partial charge in [0.2, 0.25) is 0 Å². The van der Waals surface area contributed by atoms with Gasteiger partial charge in [-0.15, -0.1) is 0 Å². The van der Waals surface area contributed by atoms with E-state index in [9.17, 15) is 4.79 Å². The van der Waals surface area contributed by atoms with Gasteiger partial charge in [-0.25, -0.2) is 4.98 Å². The summed E-state index contributed by atoms with van der Waals surface area (Å²) >= 11 is 0. The van der Waals surface area contributed by atoms with E-state index in [-0.39, 0.29) is 5.91 Å². The van der Waals surface area contributed by atoms with E-state index < -0.39 is 0 Å². The van der Waals surface area contributed by atoms with Gasteiger partial charge in [-0.05, 0) is 42.5 Å². The van der Waals surface area contributed by atoms with Gasteiger partial charge >= 0.3 is 0 Å². The number of hydrogen-bond donors (Lipinski definition) is 1. The molecule has 2 aromatic carbocycles. The number of hydrogen-bond acceptors (Lipinski definition) is 4. The second-order valence-corrected chi connectivity index (χ2v) is 7.24. The maximum Gasteiger partial charge on any atom is 0.255 e. The van der Waals surface area contributed by atoms with Crippen molar-refractivity contribution in [3.63, 3.8) is 0 Å². The van der Waals surface area contributed by atoms with Gasteiger partial charge in [0.05, 0.1) is 24.6 Å². The predicted octanol–water partition coefficient (Wildman–Crippen LogP) is 4.09. The Labute approximate surface area is 174 Å². The Morgan fingerprint density at radius 3 is 2.50 bits per heavy atom. The molecule has 5 rings (SSSR count). The zero-order chi connectivity index (χ0) is 20.3. The minimum atomic E-state index is -0.139. The van der Waals surface area contributed by atoms with E-state index in [1.165, 1.54) is 0 Å². The van der Waals surface area contributed by atoms with Gasteiger partial charge in [0, 0.05) is 42.3 Å². The summed E-state index contributed by atoms with van der Waals surface area (Å²) in [5.74, 6) is -0.139. The zero-order valence-corrected chi connectivity index (χ0v) is 16.5. The number of carbonyl (C=O) groups excluding carboxylic acids is 1. The van der Waals surface area contributed by atoms with Crippen LogP contribution in [0.15, 0.2) is 79.1 Å². The molecule has 1 aliphatic heterocycles. The van der Waals surface area contributed by atoms with E-state index >= 15 is 0 Å². The van der Waals surface area contributed by atoms with Crippen LogP contribution in [0, 0.1) is 0 Å². The third kappa shape index (κ3) is 3.65. The fourth-order valence-electron chi connectivity index (χ4n) is 3.72. The van der Waals surface area contributed by atoms with Gasteiger partial charge in [-0.3, -0.25) is 4.79 Å². The molecule has 0 bridgehead atoms. The number of nitrogens with one attached hydrogen (secondary N) is 1. The average molecular weight is 398 g/mol. The normalized spacial score (nSPS) is 14.1. The number of benzene rings is 2. The summed E-state index contributed by atoms with van der Waals surface area (Å²) < 4.78 is 7.37. The zero-order valence-electron chi connectivity index (χ0n) is 16.5. The molecule has 6 heteroatoms. The van der Waals surface area contributed by atoms with Crippen LogP contribution in [0.25, 0.3) is 16.9 Å². The number of para-hydroxylation sites is 1. The van der Waals surface area contributed by atoms with E-state index in [0.29, 0.717) is 5.56 Å². The lowest BCUT2D eigenvalue weighted by molar-refractivity contribution is 0.102. The molecule has 1 saturated heterocycles. The van der Waals surface area contributed by atoms with Crippen molar-refractivity contribution in [2.75, 3.05) is 36.5 Å². The van der Waals surface area contributed by atoms with Crippen molar-refractivity contribution in [1.29, 1.82) is 0 Å². The third-order valence-electron chi connectivity index (χ3n) is 5.32. The van der Waals surface area contributed by atoms with Crippen LogP contribution in [-0.2, 0) is 4.74 Å². The second kappa shape index (κ2) is 8.00. The summed E-state index contributed by atoms with van der Waals surface area (Å²) in [4.78, 5) is 19.8. The summed E-state index contributed by atoms with van der Waals surface area (Å²) in [6.07, 6.45) is 3.93. The van der Waals surface area contributed by atoms with Crippen LogP contribution in [0.5, 0.6) is 0 Å². The first-order valence-corrected chi connectivity index (χ1v) is 10.1. The molecular formula is C24H22N4O2. The van der Waals surface area contributed by atoms with Crippen molar-refractivity contribution in [2.45, 2.75) is 0 Å². The summed E-state index contributed by atoms with van der Waals surface area (Å²) in [5.41, 5.74) is 5.05. The Bertz CT molecular complexity index is 1140. The van der Waals surface area contributed by atoms with Crippen LogP contribution in [0.2, 0.25) is 0 Å². The number of aromatic nitrogens is 2. The highest BCUT2D eigenvalue weighted by Gasteiger charge is 2.14. The van der Waals surface area contributed by atoms with Crippen LogP contribution in [0.4, 0.5) is 11.4 Å². The second-order valence-electron chi connectivity index (χ2n) is 7.24. The third-order valence-corrected chi connectivity index (χ3v) is 5.32. The highest BCUT2D eigenvalue weighted by Crippen LogP contribution is 2.28. The molecule has 0 aliphatic carbocycles. The molecule has 0 unspecified atom stereocenters. The van der Waals surface area contributed by atoms with Gasteiger partial charge in [-0.1, -0.05) is 24.3 Å². The van der Waals surface area contributed by atoms with E-state index in [1.54, 1.807) is 0 Å². The lowest BCUT2D eigenvalue weighted by Crippen LogP contribution is -2.36. The maximum absolute atomic E-state index is 12.9. The fraction of sp³-hybridized carbons (Fsp3) is 0.167. The van der Waals surface area contributed by atoms with E-state index in [0.717, 1.165) is 54.6 Å². The summed E-state index contributed by atoms with van der Waals surface area (Å²) in [7, 11) is 0. The van der Waals surface area contributed by atoms with Crippen molar-refractivity contribution in [1.82, 2.24) is 9.38 Å². The van der Waals surface area contributed by atoms with E-state index in [4.69, 9.17) is 4.74 Å². The molecule has 3 heterocycles. The molecule has 4 aromatic rings. The van der Waals surface area contributed by atoms with Gasteiger partial charge in [0.25, 0.3) is 5.91 Å². The molecule has 2 aromatic heterocycles. The van der Waals surface area contributed by atoms with E-state index in [2.05, 4.69) is 15.2 Å². The number of ether oxygens (including phenoxy) is 1. The Balaban J connectivity index is 1.37. The molecule has 1 fully saturated rings. The predicted molar refractivity (Wildman–Crippen MR) is 118 cm³/mol. The molecule has 1 aliphatic rings. The molecule has 0 saturated carbocycles. The van der Waals surface area contributed by atoms with Crippen molar-refractivity contribution in [2.24, 2.45) is 0 Å². The standard InChI is InChI=1S/C24H22N4O2/c29-24(18-8-10-19(11-9-18)27-13-15-30-16-14-27)26-21-6-2-1-5-20(21)22-17-28-12-4-3-7-23(28)25-22/h1-12,17H,13-16H2,(H,26,29). The van der Waals surface area contributed by atoms with Crippen LogP contribution < -0.4 is 10.2 Å². The minimum absolute atomic E-state index is 0.139. The smallest absolute Gasteiger partial charge is 0.255 e. The Hall–Kier alpha value is -3.64. The number of carbonyl (C=O) groups is 1. The van der Waals surface area contributed by atoms with Gasteiger partial charge in [0.1, 0.15) is 5.65 Å². The lowest BCUT2D eigenvalue weighted by atomic mass is 10.1. The highest BCUT2D eigenvalue weighted by atomic mass is 16.5. The average Bonchev–Trinajstić information content (AvgIpc) is 3.24. The van der Waals surface area contributed by atoms with Crippen molar-refractivity contribution >= 4 is 22.9 Å². The summed E-state index contributed by atoms with van der Waals surface area (Å²) in [6, 6.07) is 21.3. The molecule has 1 amide bonds. The van der Waals surface area contributed by atoms with Crippen LogP contribution in [0.1, 0.15) is 10.4 Å². The fourth-order valence-corrected chi connectivity index (χ4v) is 3.72. The molecule has 0 spiro atoms. The van der Waals surface area contributed by atoms with Crippen molar-refractivity contribution in [3.8, 4) is 11.3 Å². The first-order valence-electron chi connectivity index (χ1n) is 10.1. The number of anilines is 2. The number of fused-ring (bicyclic) bond motifs is 1. The molecule has 30 heavy (non-hydrogen) atoms. The number of rotatable bonds is 4. The topological polar surface area (TPSA) is 58.9 Å². The summed E-state index contributed by atoms with van der Waals surface area (Å²) in [6.45, 7) is 3.22. The maximum atomic E-state index is 12.9. The molecule has 0 atom stereocenters. The SMILES string of the molecule is O=C(Nc1ccccc1-c1cn2ccccc2n1)c1ccc(N2CCOCC2)cc1. The Morgan fingerprint density at radius 1 is 0.933 bits per heavy atom. The quantitative estimate of drug-likeness (QED) is 0.563. The van der Waals surface area contributed by atoms with Gasteiger partial charge < -0.3 is 19.4 Å². The number of pyridine rings is 1. The molecule has 1 N–H and O–H groups in total. The van der Waals surface area contributed by atoms with E-state index in [1.807, 2.05) is 83.5 Å². The van der Waals surface area contributed by atoms with Gasteiger partial charge in [-0.2, -0.15) is 0 Å². The summed E-state index contributed by atoms with van der Waals surface area (Å²) in [5, 5.41) is 3.05. The monoisotopic (exact) mass is 398 g/mol. The van der Waals surface area contributed by atoms with Crippen LogP contribution in [0.3, 0.4) is 0 Å². The largest absolute Gasteiger partial charge is 0.378 e. The lowest BCUT2D eigenvalue weighted by Gasteiger charge is -2.28. The number of imidazole rings is 1. The van der Waals surface area contributed by atoms with Gasteiger partial charge in [0.15, 0.2) is 0 Å². The minimum Gasteiger partial charge on any atom is -0.378 e. The molecule has 150 valence electrons. The van der Waals surface area contributed by atoms with Crippen LogP contribution in [-0.4, -0.2) is 41.6 Å². The number of amides is 1. The number of morpholine rings is 1.